The van der Waals surface area contributed by atoms with E-state index < -0.39 is 0 Å². The lowest BCUT2D eigenvalue weighted by Gasteiger charge is -2.11. The van der Waals surface area contributed by atoms with Crippen molar-refractivity contribution in [3.8, 4) is 11.5 Å². The second-order valence-corrected chi connectivity index (χ2v) is 4.58. The van der Waals surface area contributed by atoms with Crippen molar-refractivity contribution in [3.05, 3.63) is 59.1 Å². The van der Waals surface area contributed by atoms with Gasteiger partial charge in [-0.3, -0.25) is 0 Å². The van der Waals surface area contributed by atoms with Crippen molar-refractivity contribution < 1.29 is 4.74 Å². The van der Waals surface area contributed by atoms with Crippen LogP contribution in [0, 0.1) is 0 Å². The van der Waals surface area contributed by atoms with Gasteiger partial charge < -0.3 is 10.1 Å². The Kier molecular flexibility index (Phi) is 4.24. The van der Waals surface area contributed by atoms with E-state index in [0.717, 1.165) is 11.5 Å². The standard InChI is InChI=1S/C15H16ClNO/c1-11(17-2)12-6-8-14(9-7-12)18-15-5-3-4-13(16)10-15/h3-11,17H,1-2H3. The van der Waals surface area contributed by atoms with E-state index >= 15 is 0 Å². The first-order chi connectivity index (χ1) is 8.69. The summed E-state index contributed by atoms with van der Waals surface area (Å²) in [6, 6.07) is 15.8. The fraction of sp³-hybridized carbons (Fsp3) is 0.200. The first-order valence-electron chi connectivity index (χ1n) is 5.89. The molecule has 0 spiro atoms. The second-order valence-electron chi connectivity index (χ2n) is 4.14. The zero-order chi connectivity index (χ0) is 13.0. The fourth-order valence-corrected chi connectivity index (χ4v) is 1.84. The first kappa shape index (κ1) is 12.9. The molecule has 2 aromatic rings. The molecule has 0 saturated heterocycles. The molecule has 0 aliphatic heterocycles. The summed E-state index contributed by atoms with van der Waals surface area (Å²) in [7, 11) is 1.95. The van der Waals surface area contributed by atoms with Crippen LogP contribution in [0.1, 0.15) is 18.5 Å². The molecule has 0 saturated carbocycles. The van der Waals surface area contributed by atoms with Gasteiger partial charge in [-0.1, -0.05) is 29.8 Å². The lowest BCUT2D eigenvalue weighted by atomic mass is 10.1. The highest BCUT2D eigenvalue weighted by Gasteiger charge is 2.03. The number of hydrogen-bond donors (Lipinski definition) is 1. The minimum Gasteiger partial charge on any atom is -0.457 e. The molecular formula is C15H16ClNO. The van der Waals surface area contributed by atoms with Gasteiger partial charge in [0.1, 0.15) is 11.5 Å². The topological polar surface area (TPSA) is 21.3 Å². The number of benzene rings is 2. The van der Waals surface area contributed by atoms with Gasteiger partial charge in [0.05, 0.1) is 0 Å². The molecule has 0 fully saturated rings. The third-order valence-corrected chi connectivity index (χ3v) is 3.08. The molecule has 0 aliphatic rings. The van der Waals surface area contributed by atoms with Crippen molar-refractivity contribution >= 4 is 11.6 Å². The Labute approximate surface area is 113 Å². The summed E-state index contributed by atoms with van der Waals surface area (Å²) in [6.07, 6.45) is 0. The largest absolute Gasteiger partial charge is 0.457 e. The van der Waals surface area contributed by atoms with Gasteiger partial charge in [-0.15, -0.1) is 0 Å². The van der Waals surface area contributed by atoms with Gasteiger partial charge in [0.15, 0.2) is 0 Å². The molecule has 1 N–H and O–H groups in total. The number of hydrogen-bond acceptors (Lipinski definition) is 2. The van der Waals surface area contributed by atoms with Gasteiger partial charge >= 0.3 is 0 Å². The Balaban J connectivity index is 2.11. The van der Waals surface area contributed by atoms with Crippen molar-refractivity contribution in [3.63, 3.8) is 0 Å². The van der Waals surface area contributed by atoms with E-state index in [1.807, 2.05) is 37.4 Å². The van der Waals surface area contributed by atoms with E-state index in [9.17, 15) is 0 Å². The maximum Gasteiger partial charge on any atom is 0.128 e. The zero-order valence-electron chi connectivity index (χ0n) is 10.5. The van der Waals surface area contributed by atoms with Crippen LogP contribution in [-0.4, -0.2) is 7.05 Å². The predicted molar refractivity (Wildman–Crippen MR) is 75.4 cm³/mol. The van der Waals surface area contributed by atoms with E-state index in [4.69, 9.17) is 16.3 Å². The van der Waals surface area contributed by atoms with Gasteiger partial charge in [-0.2, -0.15) is 0 Å². The summed E-state index contributed by atoms with van der Waals surface area (Å²) < 4.78 is 5.72. The van der Waals surface area contributed by atoms with Crippen molar-refractivity contribution in [2.45, 2.75) is 13.0 Å². The fourth-order valence-electron chi connectivity index (χ4n) is 1.66. The summed E-state index contributed by atoms with van der Waals surface area (Å²) in [6.45, 7) is 2.12. The van der Waals surface area contributed by atoms with Crippen LogP contribution in [0.5, 0.6) is 11.5 Å². The van der Waals surface area contributed by atoms with Crippen LogP contribution in [-0.2, 0) is 0 Å². The Hall–Kier alpha value is -1.51. The molecule has 1 unspecified atom stereocenters. The third-order valence-electron chi connectivity index (χ3n) is 2.84. The van der Waals surface area contributed by atoms with Crippen LogP contribution in [0.4, 0.5) is 0 Å². The molecule has 0 bridgehead atoms. The highest BCUT2D eigenvalue weighted by molar-refractivity contribution is 6.30. The molecule has 1 atom stereocenters. The van der Waals surface area contributed by atoms with Crippen molar-refractivity contribution in [1.82, 2.24) is 5.32 Å². The van der Waals surface area contributed by atoms with Crippen LogP contribution in [0.25, 0.3) is 0 Å². The highest BCUT2D eigenvalue weighted by atomic mass is 35.5. The molecule has 0 amide bonds. The monoisotopic (exact) mass is 261 g/mol. The van der Waals surface area contributed by atoms with Crippen molar-refractivity contribution in [2.75, 3.05) is 7.05 Å². The number of rotatable bonds is 4. The summed E-state index contributed by atoms with van der Waals surface area (Å²) in [5.74, 6) is 1.56. The summed E-state index contributed by atoms with van der Waals surface area (Å²) >= 11 is 5.91. The maximum atomic E-state index is 5.91. The first-order valence-corrected chi connectivity index (χ1v) is 6.27. The minimum atomic E-state index is 0.338. The average Bonchev–Trinajstić information content (AvgIpc) is 2.39. The SMILES string of the molecule is CNC(C)c1ccc(Oc2cccc(Cl)c2)cc1. The van der Waals surface area contributed by atoms with E-state index in [2.05, 4.69) is 24.4 Å². The van der Waals surface area contributed by atoms with Gasteiger partial charge in [0.25, 0.3) is 0 Å². The van der Waals surface area contributed by atoms with Crippen LogP contribution < -0.4 is 10.1 Å². The van der Waals surface area contributed by atoms with Gasteiger partial charge in [0.2, 0.25) is 0 Å². The van der Waals surface area contributed by atoms with Crippen LogP contribution >= 0.6 is 11.6 Å². The Morgan fingerprint density at radius 3 is 2.39 bits per heavy atom. The second kappa shape index (κ2) is 5.89. The summed E-state index contributed by atoms with van der Waals surface area (Å²) in [4.78, 5) is 0. The molecule has 0 aromatic heterocycles. The molecule has 0 aliphatic carbocycles. The van der Waals surface area contributed by atoms with Crippen molar-refractivity contribution in [1.29, 1.82) is 0 Å². The molecule has 2 nitrogen and oxygen atoms in total. The van der Waals surface area contributed by atoms with E-state index in [1.165, 1.54) is 5.56 Å². The molecular weight excluding hydrogens is 246 g/mol. The lowest BCUT2D eigenvalue weighted by molar-refractivity contribution is 0.482. The zero-order valence-corrected chi connectivity index (χ0v) is 11.2. The Bertz CT molecular complexity index is 510. The highest BCUT2D eigenvalue weighted by Crippen LogP contribution is 2.25. The van der Waals surface area contributed by atoms with Crippen LogP contribution in [0.3, 0.4) is 0 Å². The molecule has 0 heterocycles. The molecule has 3 heteroatoms. The Morgan fingerprint density at radius 2 is 1.78 bits per heavy atom. The van der Waals surface area contributed by atoms with Crippen LogP contribution in [0.2, 0.25) is 5.02 Å². The van der Waals surface area contributed by atoms with Crippen molar-refractivity contribution in [2.24, 2.45) is 0 Å². The summed E-state index contributed by atoms with van der Waals surface area (Å²) in [5, 5.41) is 3.87. The normalized spacial score (nSPS) is 12.2. The van der Waals surface area contributed by atoms with Crippen LogP contribution in [0.15, 0.2) is 48.5 Å². The molecule has 2 aromatic carbocycles. The lowest BCUT2D eigenvalue weighted by Crippen LogP contribution is -2.11. The van der Waals surface area contributed by atoms with Gasteiger partial charge in [0, 0.05) is 11.1 Å². The van der Waals surface area contributed by atoms with E-state index in [1.54, 1.807) is 6.07 Å². The number of nitrogens with one attached hydrogen (secondary N) is 1. The Morgan fingerprint density at radius 1 is 1.06 bits per heavy atom. The maximum absolute atomic E-state index is 5.91. The molecule has 0 radical (unpaired) electrons. The molecule has 18 heavy (non-hydrogen) atoms. The molecule has 94 valence electrons. The number of ether oxygens (including phenoxy) is 1. The molecule has 2 rings (SSSR count). The summed E-state index contributed by atoms with van der Waals surface area (Å²) in [5.41, 5.74) is 1.23. The predicted octanol–water partition coefficient (Wildman–Crippen LogP) is 4.41. The average molecular weight is 262 g/mol. The smallest absolute Gasteiger partial charge is 0.128 e. The van der Waals surface area contributed by atoms with Gasteiger partial charge in [-0.05, 0) is 49.9 Å². The third kappa shape index (κ3) is 3.25. The van der Waals surface area contributed by atoms with E-state index in [0.29, 0.717) is 11.1 Å². The van der Waals surface area contributed by atoms with Gasteiger partial charge in [-0.25, -0.2) is 0 Å². The minimum absolute atomic E-state index is 0.338. The number of halogens is 1. The van der Waals surface area contributed by atoms with E-state index in [-0.39, 0.29) is 0 Å². The quantitative estimate of drug-likeness (QED) is 0.880.